The lowest BCUT2D eigenvalue weighted by atomic mass is 10.1. The minimum absolute atomic E-state index is 0.123. The zero-order valence-electron chi connectivity index (χ0n) is 19.9. The van der Waals surface area contributed by atoms with Crippen molar-refractivity contribution in [3.63, 3.8) is 0 Å². The Balaban J connectivity index is 1.23. The van der Waals surface area contributed by atoms with Crippen LogP contribution in [0.25, 0.3) is 0 Å². The van der Waals surface area contributed by atoms with Crippen molar-refractivity contribution in [1.29, 1.82) is 0 Å². The van der Waals surface area contributed by atoms with E-state index in [1.807, 2.05) is 0 Å². The number of aliphatic carboxylic acids is 1. The molecule has 1 atom stereocenters. The van der Waals surface area contributed by atoms with E-state index < -0.39 is 17.6 Å². The molecule has 1 aromatic heterocycles. The summed E-state index contributed by atoms with van der Waals surface area (Å²) in [4.78, 5) is 36.2. The number of carbonyl (C=O) groups is 3. The molecule has 1 saturated carbocycles. The summed E-state index contributed by atoms with van der Waals surface area (Å²) in [6.07, 6.45) is 1.89. The molecule has 1 aliphatic rings. The summed E-state index contributed by atoms with van der Waals surface area (Å²) in [5.41, 5.74) is 0.738. The first kappa shape index (κ1) is 24.7. The van der Waals surface area contributed by atoms with Gasteiger partial charge >= 0.3 is 5.97 Å². The van der Waals surface area contributed by atoms with E-state index in [2.05, 4.69) is 20.9 Å². The van der Waals surface area contributed by atoms with Crippen molar-refractivity contribution >= 4 is 17.8 Å². The highest BCUT2D eigenvalue weighted by Crippen LogP contribution is 2.43. The van der Waals surface area contributed by atoms with Crippen molar-refractivity contribution in [1.82, 2.24) is 25.6 Å². The Labute approximate surface area is 207 Å². The van der Waals surface area contributed by atoms with E-state index in [4.69, 9.17) is 9.47 Å². The molecule has 0 spiro atoms. The third-order valence-electron chi connectivity index (χ3n) is 5.96. The molecule has 2 aromatic carbocycles. The third kappa shape index (κ3) is 5.62. The van der Waals surface area contributed by atoms with Crippen LogP contribution in [0.15, 0.2) is 54.7 Å². The summed E-state index contributed by atoms with van der Waals surface area (Å²) < 4.78 is 12.1. The minimum atomic E-state index is -1.000. The number of rotatable bonds is 11. The van der Waals surface area contributed by atoms with Crippen LogP contribution >= 0.6 is 0 Å². The molecule has 3 aromatic rings. The second-order valence-corrected chi connectivity index (χ2v) is 8.52. The fourth-order valence-electron chi connectivity index (χ4n) is 3.54. The van der Waals surface area contributed by atoms with E-state index in [0.717, 1.165) is 5.56 Å². The fraction of sp³-hybridized carbons (Fsp3) is 0.320. The maximum atomic E-state index is 12.5. The first-order valence-corrected chi connectivity index (χ1v) is 11.4. The van der Waals surface area contributed by atoms with Gasteiger partial charge in [0.1, 0.15) is 17.2 Å². The number of nitrogens with one attached hydrogen (secondary N) is 2. The second kappa shape index (κ2) is 10.5. The van der Waals surface area contributed by atoms with Crippen LogP contribution in [0.2, 0.25) is 0 Å². The van der Waals surface area contributed by atoms with Gasteiger partial charge < -0.3 is 25.2 Å². The zero-order chi connectivity index (χ0) is 25.7. The third-order valence-corrected chi connectivity index (χ3v) is 5.96. The summed E-state index contributed by atoms with van der Waals surface area (Å²) in [6.45, 7) is 2.07. The highest BCUT2D eigenvalue weighted by Gasteiger charge is 2.53. The number of benzene rings is 2. The molecule has 1 aliphatic carbocycles. The lowest BCUT2D eigenvalue weighted by Gasteiger charge is -2.15. The Kier molecular flexibility index (Phi) is 7.18. The number of nitrogens with zero attached hydrogens (tertiary/aromatic N) is 3. The van der Waals surface area contributed by atoms with E-state index in [1.54, 1.807) is 68.8 Å². The van der Waals surface area contributed by atoms with E-state index in [1.165, 1.54) is 4.68 Å². The molecule has 1 heterocycles. The maximum Gasteiger partial charge on any atom is 0.331 e. The number of carbonyl (C=O) groups excluding carboxylic acids is 2. The van der Waals surface area contributed by atoms with Crippen LogP contribution < -0.4 is 20.1 Å². The first-order valence-electron chi connectivity index (χ1n) is 11.4. The van der Waals surface area contributed by atoms with Gasteiger partial charge in [0.25, 0.3) is 11.8 Å². The molecule has 2 amide bonds. The van der Waals surface area contributed by atoms with Crippen LogP contribution in [0.1, 0.15) is 41.4 Å². The van der Waals surface area contributed by atoms with Gasteiger partial charge in [-0.05, 0) is 61.7 Å². The molecule has 188 valence electrons. The molecule has 0 bridgehead atoms. The Morgan fingerprint density at radius 3 is 2.31 bits per heavy atom. The van der Waals surface area contributed by atoms with Crippen LogP contribution in [0.4, 0.5) is 0 Å². The summed E-state index contributed by atoms with van der Waals surface area (Å²) in [6, 6.07) is 13.8. The highest BCUT2D eigenvalue weighted by molar-refractivity contribution is 5.94. The molecular weight excluding hydrogens is 466 g/mol. The maximum absolute atomic E-state index is 12.5. The van der Waals surface area contributed by atoms with Crippen LogP contribution in [0.5, 0.6) is 11.5 Å². The normalized spacial score (nSPS) is 14.4. The predicted octanol–water partition coefficient (Wildman–Crippen LogP) is 1.87. The van der Waals surface area contributed by atoms with Crippen molar-refractivity contribution in [2.45, 2.75) is 44.5 Å². The molecule has 4 rings (SSSR count). The number of carboxylic acids is 1. The van der Waals surface area contributed by atoms with Gasteiger partial charge in [-0.25, -0.2) is 9.48 Å². The van der Waals surface area contributed by atoms with Crippen molar-refractivity contribution in [2.24, 2.45) is 0 Å². The van der Waals surface area contributed by atoms with Crippen LogP contribution in [-0.4, -0.2) is 51.1 Å². The number of carboxylic acid groups (broad SMARTS) is 1. The number of ether oxygens (including phenoxy) is 2. The van der Waals surface area contributed by atoms with Crippen molar-refractivity contribution < 1.29 is 29.0 Å². The number of aromatic nitrogens is 3. The van der Waals surface area contributed by atoms with E-state index in [0.29, 0.717) is 35.6 Å². The molecule has 1 fully saturated rings. The fourth-order valence-corrected chi connectivity index (χ4v) is 3.54. The lowest BCUT2D eigenvalue weighted by Crippen LogP contribution is -2.35. The standard InChI is InChI=1S/C25H27N5O6/c1-16(36-21-9-7-20(35-2)8-10-21)22(31)26-13-17-3-5-18(6-4-17)23(32)27-14-19-15-30(29-28-19)25(11-12-25)24(33)34/h3-10,15-16H,11-14H2,1-2H3,(H,26,31)(H,27,32)(H,33,34). The van der Waals surface area contributed by atoms with Gasteiger partial charge in [-0.1, -0.05) is 17.3 Å². The van der Waals surface area contributed by atoms with Gasteiger partial charge in [-0.2, -0.15) is 0 Å². The summed E-state index contributed by atoms with van der Waals surface area (Å²) in [7, 11) is 1.58. The molecule has 36 heavy (non-hydrogen) atoms. The Morgan fingerprint density at radius 1 is 1.03 bits per heavy atom. The Hall–Kier alpha value is -4.41. The van der Waals surface area contributed by atoms with Crippen molar-refractivity contribution in [3.05, 3.63) is 71.5 Å². The Morgan fingerprint density at radius 2 is 1.69 bits per heavy atom. The average molecular weight is 494 g/mol. The zero-order valence-corrected chi connectivity index (χ0v) is 19.9. The molecule has 0 aliphatic heterocycles. The number of methoxy groups -OCH3 is 1. The topological polar surface area (TPSA) is 145 Å². The molecular formula is C25H27N5O6. The lowest BCUT2D eigenvalue weighted by molar-refractivity contribution is -0.142. The smallest absolute Gasteiger partial charge is 0.331 e. The van der Waals surface area contributed by atoms with Crippen molar-refractivity contribution in [3.8, 4) is 11.5 Å². The Bertz CT molecular complexity index is 1230. The molecule has 11 nitrogen and oxygen atoms in total. The first-order chi connectivity index (χ1) is 17.3. The van der Waals surface area contributed by atoms with Crippen LogP contribution in [0.3, 0.4) is 0 Å². The highest BCUT2D eigenvalue weighted by atomic mass is 16.5. The van der Waals surface area contributed by atoms with Crippen LogP contribution in [-0.2, 0) is 28.2 Å². The van der Waals surface area contributed by atoms with Crippen molar-refractivity contribution in [2.75, 3.05) is 7.11 Å². The van der Waals surface area contributed by atoms with Gasteiger partial charge in [0.2, 0.25) is 0 Å². The number of hydrogen-bond acceptors (Lipinski definition) is 7. The summed E-state index contributed by atoms with van der Waals surface area (Å²) in [5.74, 6) is -0.243. The monoisotopic (exact) mass is 493 g/mol. The van der Waals surface area contributed by atoms with Gasteiger partial charge in [0.05, 0.1) is 19.9 Å². The molecule has 11 heteroatoms. The molecule has 0 saturated heterocycles. The van der Waals surface area contributed by atoms with Crippen LogP contribution in [0, 0.1) is 0 Å². The minimum Gasteiger partial charge on any atom is -0.497 e. The van der Waals surface area contributed by atoms with Gasteiger partial charge in [-0.3, -0.25) is 9.59 Å². The predicted molar refractivity (Wildman–Crippen MR) is 127 cm³/mol. The molecule has 0 radical (unpaired) electrons. The quantitative estimate of drug-likeness (QED) is 0.367. The van der Waals surface area contributed by atoms with E-state index >= 15 is 0 Å². The van der Waals surface area contributed by atoms with Gasteiger partial charge in [0.15, 0.2) is 11.6 Å². The second-order valence-electron chi connectivity index (χ2n) is 8.52. The number of hydrogen-bond donors (Lipinski definition) is 3. The average Bonchev–Trinajstić information content (AvgIpc) is 3.58. The SMILES string of the molecule is COc1ccc(OC(C)C(=O)NCc2ccc(C(=O)NCc3cn(C4(C(=O)O)CC4)nn3)cc2)cc1. The molecule has 1 unspecified atom stereocenters. The van der Waals surface area contributed by atoms with E-state index in [-0.39, 0.29) is 24.9 Å². The summed E-state index contributed by atoms with van der Waals surface area (Å²) >= 11 is 0. The molecule has 3 N–H and O–H groups in total. The largest absolute Gasteiger partial charge is 0.497 e. The number of amides is 2. The summed E-state index contributed by atoms with van der Waals surface area (Å²) in [5, 5.41) is 22.7. The van der Waals surface area contributed by atoms with Gasteiger partial charge in [0, 0.05) is 12.1 Å². The van der Waals surface area contributed by atoms with E-state index in [9.17, 15) is 19.5 Å². The van der Waals surface area contributed by atoms with Gasteiger partial charge in [-0.15, -0.1) is 5.10 Å².